The van der Waals surface area contributed by atoms with Crippen molar-refractivity contribution in [1.29, 1.82) is 0 Å². The minimum Gasteiger partial charge on any atom is -0.496 e. The number of anilines is 1. The van der Waals surface area contributed by atoms with Gasteiger partial charge in [-0.2, -0.15) is 0 Å². The van der Waals surface area contributed by atoms with Crippen LogP contribution in [0.2, 0.25) is 0 Å². The second-order valence-corrected chi connectivity index (χ2v) is 6.67. The van der Waals surface area contributed by atoms with Crippen molar-refractivity contribution in [3.8, 4) is 11.4 Å². The standard InChI is InChI=1S/C22H23N3O5/c1-14-19(21(27)25(24(14)3)16-10-6-5-7-11-16)23-20(26)15(2)30-22(28)17-12-8-9-13-18(17)29-4/h5-13,15H,1-4H3,(H,23,26). The average molecular weight is 409 g/mol. The molecule has 0 fully saturated rings. The summed E-state index contributed by atoms with van der Waals surface area (Å²) >= 11 is 0. The van der Waals surface area contributed by atoms with Crippen LogP contribution in [-0.4, -0.2) is 34.5 Å². The summed E-state index contributed by atoms with van der Waals surface area (Å²) in [6, 6.07) is 15.7. The van der Waals surface area contributed by atoms with E-state index in [9.17, 15) is 14.4 Å². The van der Waals surface area contributed by atoms with E-state index in [-0.39, 0.29) is 16.8 Å². The van der Waals surface area contributed by atoms with Gasteiger partial charge in [-0.05, 0) is 38.1 Å². The molecule has 156 valence electrons. The summed E-state index contributed by atoms with van der Waals surface area (Å²) in [5.41, 5.74) is 1.20. The van der Waals surface area contributed by atoms with Crippen molar-refractivity contribution >= 4 is 17.6 Å². The largest absolute Gasteiger partial charge is 0.496 e. The first-order valence-corrected chi connectivity index (χ1v) is 9.34. The molecular formula is C22H23N3O5. The number of nitrogens with zero attached hydrogens (tertiary/aromatic N) is 2. The number of carbonyl (C=O) groups is 2. The molecule has 0 bridgehead atoms. The van der Waals surface area contributed by atoms with Gasteiger partial charge in [0.25, 0.3) is 11.5 Å². The molecule has 1 atom stereocenters. The van der Waals surface area contributed by atoms with Crippen molar-refractivity contribution in [2.24, 2.45) is 7.05 Å². The molecule has 1 heterocycles. The number of aromatic nitrogens is 2. The summed E-state index contributed by atoms with van der Waals surface area (Å²) < 4.78 is 13.5. The van der Waals surface area contributed by atoms with Gasteiger partial charge >= 0.3 is 5.97 Å². The monoisotopic (exact) mass is 409 g/mol. The Labute approximate surface area is 173 Å². The lowest BCUT2D eigenvalue weighted by Gasteiger charge is -2.14. The molecule has 8 heteroatoms. The Morgan fingerprint density at radius 3 is 2.33 bits per heavy atom. The van der Waals surface area contributed by atoms with E-state index in [1.54, 1.807) is 55.1 Å². The lowest BCUT2D eigenvalue weighted by molar-refractivity contribution is -0.123. The number of esters is 1. The van der Waals surface area contributed by atoms with E-state index in [1.807, 2.05) is 18.2 Å². The van der Waals surface area contributed by atoms with Crippen LogP contribution in [0, 0.1) is 6.92 Å². The van der Waals surface area contributed by atoms with E-state index in [4.69, 9.17) is 9.47 Å². The Morgan fingerprint density at radius 2 is 1.67 bits per heavy atom. The predicted molar refractivity (Wildman–Crippen MR) is 112 cm³/mol. The Kier molecular flexibility index (Phi) is 6.06. The fourth-order valence-electron chi connectivity index (χ4n) is 3.03. The maximum atomic E-state index is 12.9. The fraction of sp³-hybridized carbons (Fsp3) is 0.227. The van der Waals surface area contributed by atoms with Crippen molar-refractivity contribution in [1.82, 2.24) is 9.36 Å². The molecule has 3 aromatic rings. The number of nitrogens with one attached hydrogen (secondary N) is 1. The zero-order valence-corrected chi connectivity index (χ0v) is 17.2. The molecule has 0 aliphatic carbocycles. The van der Waals surface area contributed by atoms with Crippen molar-refractivity contribution in [3.05, 3.63) is 76.2 Å². The van der Waals surface area contributed by atoms with Crippen LogP contribution in [0.4, 0.5) is 5.69 Å². The van der Waals surface area contributed by atoms with Gasteiger partial charge in [-0.3, -0.25) is 14.3 Å². The lowest BCUT2D eigenvalue weighted by atomic mass is 10.2. The van der Waals surface area contributed by atoms with Crippen LogP contribution in [0.25, 0.3) is 5.69 Å². The van der Waals surface area contributed by atoms with E-state index in [0.717, 1.165) is 0 Å². The maximum absolute atomic E-state index is 12.9. The van der Waals surface area contributed by atoms with Gasteiger partial charge in [0.2, 0.25) is 0 Å². The zero-order chi connectivity index (χ0) is 21.8. The average Bonchev–Trinajstić information content (AvgIpc) is 2.97. The summed E-state index contributed by atoms with van der Waals surface area (Å²) in [7, 11) is 3.17. The Bertz CT molecular complexity index is 1130. The Morgan fingerprint density at radius 1 is 1.03 bits per heavy atom. The molecule has 0 spiro atoms. The van der Waals surface area contributed by atoms with Gasteiger partial charge in [-0.1, -0.05) is 30.3 Å². The molecule has 1 aromatic heterocycles. The van der Waals surface area contributed by atoms with Crippen LogP contribution in [0.1, 0.15) is 23.0 Å². The zero-order valence-electron chi connectivity index (χ0n) is 17.2. The van der Waals surface area contributed by atoms with Gasteiger partial charge in [0.15, 0.2) is 6.10 Å². The van der Waals surface area contributed by atoms with Crippen LogP contribution in [0.15, 0.2) is 59.4 Å². The number of hydrogen-bond acceptors (Lipinski definition) is 5. The van der Waals surface area contributed by atoms with E-state index < -0.39 is 18.0 Å². The predicted octanol–water partition coefficient (Wildman–Crippen LogP) is 2.68. The topological polar surface area (TPSA) is 91.6 Å². The number of benzene rings is 2. The van der Waals surface area contributed by atoms with Gasteiger partial charge in [0.1, 0.15) is 17.0 Å². The van der Waals surface area contributed by atoms with Crippen molar-refractivity contribution < 1.29 is 19.1 Å². The van der Waals surface area contributed by atoms with Gasteiger partial charge < -0.3 is 14.8 Å². The van der Waals surface area contributed by atoms with Crippen LogP contribution >= 0.6 is 0 Å². The van der Waals surface area contributed by atoms with Gasteiger partial charge in [0.05, 0.1) is 18.5 Å². The molecule has 2 aromatic carbocycles. The van der Waals surface area contributed by atoms with Crippen LogP contribution in [0.3, 0.4) is 0 Å². The first-order valence-electron chi connectivity index (χ1n) is 9.34. The summed E-state index contributed by atoms with van der Waals surface area (Å²) in [6.07, 6.45) is -1.12. The highest BCUT2D eigenvalue weighted by atomic mass is 16.5. The highest BCUT2D eigenvalue weighted by molar-refractivity contribution is 5.98. The molecule has 1 unspecified atom stereocenters. The number of para-hydroxylation sites is 2. The smallest absolute Gasteiger partial charge is 0.342 e. The number of rotatable bonds is 6. The molecular weight excluding hydrogens is 386 g/mol. The Hall–Kier alpha value is -3.81. The molecule has 30 heavy (non-hydrogen) atoms. The van der Waals surface area contributed by atoms with Crippen molar-refractivity contribution in [2.75, 3.05) is 12.4 Å². The number of carbonyl (C=O) groups excluding carboxylic acids is 2. The second-order valence-electron chi connectivity index (χ2n) is 6.67. The number of hydrogen-bond donors (Lipinski definition) is 1. The van der Waals surface area contributed by atoms with E-state index in [0.29, 0.717) is 17.1 Å². The molecule has 0 saturated carbocycles. The van der Waals surface area contributed by atoms with Crippen molar-refractivity contribution in [2.45, 2.75) is 20.0 Å². The summed E-state index contributed by atoms with van der Waals surface area (Å²) in [6.45, 7) is 3.17. The molecule has 1 N–H and O–H groups in total. The normalized spacial score (nSPS) is 11.6. The lowest BCUT2D eigenvalue weighted by Crippen LogP contribution is -2.32. The second kappa shape index (κ2) is 8.69. The van der Waals surface area contributed by atoms with Crippen molar-refractivity contribution in [3.63, 3.8) is 0 Å². The first kappa shape index (κ1) is 20.9. The molecule has 0 saturated heterocycles. The van der Waals surface area contributed by atoms with Gasteiger partial charge in [-0.15, -0.1) is 0 Å². The van der Waals surface area contributed by atoms with E-state index in [2.05, 4.69) is 5.32 Å². The number of methoxy groups -OCH3 is 1. The van der Waals surface area contributed by atoms with Gasteiger partial charge in [0, 0.05) is 7.05 Å². The molecule has 3 rings (SSSR count). The third kappa shape index (κ3) is 3.98. The molecule has 1 amide bonds. The van der Waals surface area contributed by atoms with Crippen LogP contribution < -0.4 is 15.6 Å². The van der Waals surface area contributed by atoms with E-state index in [1.165, 1.54) is 18.7 Å². The fourth-order valence-corrected chi connectivity index (χ4v) is 3.03. The minimum atomic E-state index is -1.12. The summed E-state index contributed by atoms with van der Waals surface area (Å²) in [5, 5.41) is 2.59. The molecule has 0 aliphatic heterocycles. The number of amides is 1. The quantitative estimate of drug-likeness (QED) is 0.632. The summed E-state index contributed by atoms with van der Waals surface area (Å²) in [5.74, 6) is -0.953. The highest BCUT2D eigenvalue weighted by Gasteiger charge is 2.24. The van der Waals surface area contributed by atoms with Gasteiger partial charge in [-0.25, -0.2) is 9.48 Å². The maximum Gasteiger partial charge on any atom is 0.342 e. The Balaban J connectivity index is 1.79. The molecule has 8 nitrogen and oxygen atoms in total. The third-order valence-electron chi connectivity index (χ3n) is 4.78. The van der Waals surface area contributed by atoms with Crippen LogP contribution in [-0.2, 0) is 16.6 Å². The highest BCUT2D eigenvalue weighted by Crippen LogP contribution is 2.19. The molecule has 0 radical (unpaired) electrons. The van der Waals surface area contributed by atoms with Crippen LogP contribution in [0.5, 0.6) is 5.75 Å². The minimum absolute atomic E-state index is 0.131. The SMILES string of the molecule is COc1ccccc1C(=O)OC(C)C(=O)Nc1c(C)n(C)n(-c2ccccc2)c1=O. The first-order chi connectivity index (χ1) is 14.3. The molecule has 0 aliphatic rings. The number of ether oxygens (including phenoxy) is 2. The summed E-state index contributed by atoms with van der Waals surface area (Å²) in [4.78, 5) is 37.9. The van der Waals surface area contributed by atoms with E-state index >= 15 is 0 Å². The third-order valence-corrected chi connectivity index (χ3v) is 4.78.